The third-order valence-corrected chi connectivity index (χ3v) is 2.25. The van der Waals surface area contributed by atoms with Crippen LogP contribution < -0.4 is 0 Å². The summed E-state index contributed by atoms with van der Waals surface area (Å²) in [6.45, 7) is 12.1. The molecule has 0 bridgehead atoms. The number of guanidine groups is 1. The molecule has 0 saturated carbocycles. The van der Waals surface area contributed by atoms with Gasteiger partial charge in [0.15, 0.2) is 0 Å². The quantitative estimate of drug-likeness (QED) is 0.705. The molecule has 1 saturated heterocycles. The lowest BCUT2D eigenvalue weighted by Crippen LogP contribution is -2.68. The second kappa shape index (κ2) is 4.21. The van der Waals surface area contributed by atoms with E-state index in [1.165, 1.54) is 0 Å². The number of aliphatic imine (C=N–C) groups is 1. The van der Waals surface area contributed by atoms with Gasteiger partial charge in [0.05, 0.1) is 0 Å². The van der Waals surface area contributed by atoms with Crippen molar-refractivity contribution in [3.05, 3.63) is 0 Å². The van der Waals surface area contributed by atoms with E-state index in [2.05, 4.69) is 4.99 Å². The molecule has 4 nitrogen and oxygen atoms in total. The largest absolute Gasteiger partial charge is 0.334 e. The van der Waals surface area contributed by atoms with Crippen LogP contribution in [0, 0.1) is 0 Å². The van der Waals surface area contributed by atoms with Crippen molar-refractivity contribution in [3.63, 3.8) is 0 Å². The summed E-state index contributed by atoms with van der Waals surface area (Å²) in [5.74, 6) is 0.819. The average molecular weight is 211 g/mol. The number of nitrogens with zero attached hydrogens (tertiary/aromatic N) is 3. The molecule has 0 N–H and O–H groups in total. The van der Waals surface area contributed by atoms with Crippen LogP contribution in [0.4, 0.5) is 4.79 Å². The van der Waals surface area contributed by atoms with Crippen molar-refractivity contribution >= 4 is 12.0 Å². The zero-order valence-electron chi connectivity index (χ0n) is 10.5. The second-order valence-corrected chi connectivity index (χ2v) is 4.73. The second-order valence-electron chi connectivity index (χ2n) is 4.73. The van der Waals surface area contributed by atoms with Crippen LogP contribution in [0.15, 0.2) is 4.99 Å². The molecule has 1 aliphatic heterocycles. The molecule has 0 atom stereocenters. The highest BCUT2D eigenvalue weighted by Crippen LogP contribution is 2.22. The molecule has 4 heteroatoms. The van der Waals surface area contributed by atoms with Gasteiger partial charge in [-0.25, -0.2) is 9.79 Å². The fourth-order valence-electron chi connectivity index (χ4n) is 1.62. The Kier molecular flexibility index (Phi) is 3.37. The van der Waals surface area contributed by atoms with E-state index >= 15 is 0 Å². The predicted molar refractivity (Wildman–Crippen MR) is 61.9 cm³/mol. The van der Waals surface area contributed by atoms with Crippen molar-refractivity contribution in [3.8, 4) is 0 Å². The topological polar surface area (TPSA) is 35.9 Å². The Hall–Kier alpha value is -1.06. The minimum atomic E-state index is 0.0689. The zero-order valence-corrected chi connectivity index (χ0v) is 10.5. The maximum atomic E-state index is 11.8. The fraction of sp³-hybridized carbons (Fsp3) is 0.818. The first kappa shape index (κ1) is 12.0. The van der Waals surface area contributed by atoms with Gasteiger partial charge < -0.3 is 0 Å². The van der Waals surface area contributed by atoms with Crippen LogP contribution >= 0.6 is 0 Å². The molecular formula is C11H21N3O. The van der Waals surface area contributed by atoms with E-state index in [9.17, 15) is 4.79 Å². The first-order valence-corrected chi connectivity index (χ1v) is 5.56. The Morgan fingerprint density at radius 1 is 0.933 bits per heavy atom. The number of carbonyl (C=O) groups is 1. The normalized spacial score (nSPS) is 16.9. The molecule has 0 spiro atoms. The van der Waals surface area contributed by atoms with Crippen LogP contribution in [-0.2, 0) is 0 Å². The van der Waals surface area contributed by atoms with E-state index in [4.69, 9.17) is 0 Å². The van der Waals surface area contributed by atoms with Gasteiger partial charge in [0, 0.05) is 18.1 Å². The van der Waals surface area contributed by atoms with E-state index in [1.807, 2.05) is 41.5 Å². The van der Waals surface area contributed by atoms with Gasteiger partial charge in [-0.3, -0.25) is 9.80 Å². The Morgan fingerprint density at radius 2 is 1.33 bits per heavy atom. The summed E-state index contributed by atoms with van der Waals surface area (Å²) in [5, 5.41) is 0. The average Bonchev–Trinajstić information content (AvgIpc) is 1.99. The highest BCUT2D eigenvalue weighted by molar-refractivity contribution is 6.14. The minimum absolute atomic E-state index is 0.0689. The van der Waals surface area contributed by atoms with Crippen LogP contribution in [0.3, 0.4) is 0 Å². The molecule has 0 unspecified atom stereocenters. The van der Waals surface area contributed by atoms with Gasteiger partial charge in [0.25, 0.3) is 0 Å². The predicted octanol–water partition coefficient (Wildman–Crippen LogP) is 2.31. The SMILES string of the molecule is CC(C)N=C1N(C(C)C)C(=O)N1C(C)C. The van der Waals surface area contributed by atoms with Gasteiger partial charge in [-0.15, -0.1) is 0 Å². The molecule has 15 heavy (non-hydrogen) atoms. The Labute approximate surface area is 92.0 Å². The van der Waals surface area contributed by atoms with Crippen LogP contribution in [0.25, 0.3) is 0 Å². The summed E-state index contributed by atoms with van der Waals surface area (Å²) in [5.41, 5.74) is 0. The first-order chi connectivity index (χ1) is 6.86. The molecule has 0 radical (unpaired) electrons. The zero-order chi connectivity index (χ0) is 11.7. The van der Waals surface area contributed by atoms with Crippen LogP contribution in [-0.4, -0.2) is 39.9 Å². The molecule has 0 aromatic heterocycles. The Morgan fingerprint density at radius 3 is 1.60 bits per heavy atom. The molecule has 0 aromatic carbocycles. The molecule has 0 aromatic rings. The first-order valence-electron chi connectivity index (χ1n) is 5.56. The number of hydrogen-bond acceptors (Lipinski definition) is 2. The van der Waals surface area contributed by atoms with Gasteiger partial charge >= 0.3 is 6.03 Å². The third kappa shape index (κ3) is 2.13. The number of hydrogen-bond donors (Lipinski definition) is 0. The Balaban J connectivity index is 2.91. The molecular weight excluding hydrogens is 190 g/mol. The minimum Gasteiger partial charge on any atom is -0.261 e. The number of urea groups is 1. The molecule has 1 fully saturated rings. The third-order valence-electron chi connectivity index (χ3n) is 2.25. The lowest BCUT2D eigenvalue weighted by atomic mass is 10.2. The van der Waals surface area contributed by atoms with Gasteiger partial charge in [0.2, 0.25) is 5.96 Å². The lowest BCUT2D eigenvalue weighted by Gasteiger charge is -2.47. The molecule has 1 heterocycles. The number of rotatable bonds is 3. The molecule has 0 aliphatic carbocycles. The summed E-state index contributed by atoms with van der Waals surface area (Å²) >= 11 is 0. The standard InChI is InChI=1S/C11H21N3O/c1-7(2)12-10-13(8(3)4)11(15)14(10)9(5)6/h7-9H,1-6H3. The fourth-order valence-corrected chi connectivity index (χ4v) is 1.62. The van der Waals surface area contributed by atoms with Crippen LogP contribution in [0.1, 0.15) is 41.5 Å². The van der Waals surface area contributed by atoms with Crippen molar-refractivity contribution in [2.75, 3.05) is 0 Å². The molecule has 1 aliphatic rings. The van der Waals surface area contributed by atoms with Crippen molar-refractivity contribution in [1.29, 1.82) is 0 Å². The summed E-state index contributed by atoms with van der Waals surface area (Å²) in [4.78, 5) is 19.8. The smallest absolute Gasteiger partial charge is 0.261 e. The van der Waals surface area contributed by atoms with Crippen molar-refractivity contribution in [2.24, 2.45) is 4.99 Å². The lowest BCUT2D eigenvalue weighted by molar-refractivity contribution is 0.139. The van der Waals surface area contributed by atoms with E-state index in [0.717, 1.165) is 5.96 Å². The monoisotopic (exact) mass is 211 g/mol. The van der Waals surface area contributed by atoms with Gasteiger partial charge in [-0.1, -0.05) is 0 Å². The van der Waals surface area contributed by atoms with E-state index in [1.54, 1.807) is 9.80 Å². The molecule has 1 rings (SSSR count). The summed E-state index contributed by atoms with van der Waals surface area (Å²) in [6.07, 6.45) is 0. The highest BCUT2D eigenvalue weighted by Gasteiger charge is 2.44. The van der Waals surface area contributed by atoms with Crippen molar-refractivity contribution < 1.29 is 4.79 Å². The maximum absolute atomic E-state index is 11.8. The Bertz CT molecular complexity index is 262. The molecule has 2 amide bonds. The van der Waals surface area contributed by atoms with E-state index in [0.29, 0.717) is 0 Å². The van der Waals surface area contributed by atoms with Crippen LogP contribution in [0.5, 0.6) is 0 Å². The molecule has 86 valence electrons. The summed E-state index contributed by atoms with van der Waals surface area (Å²) in [6, 6.07) is 0.657. The van der Waals surface area contributed by atoms with Gasteiger partial charge in [-0.05, 0) is 41.5 Å². The van der Waals surface area contributed by atoms with Gasteiger partial charge in [-0.2, -0.15) is 0 Å². The number of carbonyl (C=O) groups excluding carboxylic acids is 1. The highest BCUT2D eigenvalue weighted by atomic mass is 16.2. The number of amides is 2. The van der Waals surface area contributed by atoms with Gasteiger partial charge in [0.1, 0.15) is 0 Å². The maximum Gasteiger partial charge on any atom is 0.334 e. The van der Waals surface area contributed by atoms with E-state index < -0.39 is 0 Å². The summed E-state index contributed by atoms with van der Waals surface area (Å²) in [7, 11) is 0. The van der Waals surface area contributed by atoms with Crippen LogP contribution in [0.2, 0.25) is 0 Å². The summed E-state index contributed by atoms with van der Waals surface area (Å²) < 4.78 is 0. The van der Waals surface area contributed by atoms with Crippen molar-refractivity contribution in [2.45, 2.75) is 59.7 Å². The van der Waals surface area contributed by atoms with E-state index in [-0.39, 0.29) is 24.2 Å². The van der Waals surface area contributed by atoms with Crippen molar-refractivity contribution in [1.82, 2.24) is 9.80 Å².